The second-order valence-electron chi connectivity index (χ2n) is 23.4. The summed E-state index contributed by atoms with van der Waals surface area (Å²) in [5.74, 6) is -1.07. The molecule has 20 nitrogen and oxygen atoms in total. The molecule has 92 heavy (non-hydrogen) atoms. The van der Waals surface area contributed by atoms with Gasteiger partial charge in [-0.05, 0) is 85.5 Å². The van der Waals surface area contributed by atoms with E-state index in [4.69, 9.17) is 9.47 Å². The molecule has 486 valence electrons. The van der Waals surface area contributed by atoms with Crippen LogP contribution in [0.3, 0.4) is 0 Å². The number of hydrogen-bond acceptors (Lipinski definition) is 16. The largest absolute Gasteiger partial charge is 0.444 e. The molecule has 4 aromatic carbocycles. The van der Waals surface area contributed by atoms with Crippen LogP contribution in [0.15, 0.2) is 156 Å². The molecule has 8 rings (SSSR count). The molecule has 8 aromatic rings. The van der Waals surface area contributed by atoms with Crippen molar-refractivity contribution in [1.29, 1.82) is 0 Å². The number of alkyl carbamates (subject to hydrolysis) is 2. The quantitative estimate of drug-likeness (QED) is 0.0225. The predicted octanol–water partition coefficient (Wildman–Crippen LogP) is 11.6. The van der Waals surface area contributed by atoms with Crippen molar-refractivity contribution in [2.75, 3.05) is 14.1 Å². The maximum absolute atomic E-state index is 14.3. The molecule has 0 aliphatic carbocycles. The van der Waals surface area contributed by atoms with Gasteiger partial charge in [-0.15, -0.1) is 45.3 Å². The lowest BCUT2D eigenvalue weighted by Gasteiger charge is -2.28. The van der Waals surface area contributed by atoms with Gasteiger partial charge >= 0.3 is 24.2 Å². The van der Waals surface area contributed by atoms with Gasteiger partial charge in [0.2, 0.25) is 11.8 Å². The molecule has 6 unspecified atom stereocenters. The maximum atomic E-state index is 14.3. The summed E-state index contributed by atoms with van der Waals surface area (Å²) in [5, 5.41) is 21.7. The van der Waals surface area contributed by atoms with Crippen LogP contribution in [-0.2, 0) is 71.0 Å². The van der Waals surface area contributed by atoms with Crippen molar-refractivity contribution >= 4 is 81.4 Å². The molecule has 8 amide bonds. The van der Waals surface area contributed by atoms with E-state index in [-0.39, 0.29) is 73.6 Å². The Bertz CT molecular complexity index is 3530. The second kappa shape index (κ2) is 35.9. The van der Waals surface area contributed by atoms with E-state index in [1.165, 1.54) is 55.1 Å². The summed E-state index contributed by atoms with van der Waals surface area (Å²) >= 11 is 5.59. The first-order valence-electron chi connectivity index (χ1n) is 30.8. The van der Waals surface area contributed by atoms with Gasteiger partial charge in [-0.25, -0.2) is 34.1 Å². The van der Waals surface area contributed by atoms with Crippen LogP contribution in [0.2, 0.25) is 0 Å². The number of nitrogens with one attached hydrogen (secondary N) is 6. The SMILES string of the molecule is CC(C)C(NC(=O)N(C)Cc1cscn1)C(=O)NC(CCC(Cc1ccccc1)NC(=O)OCc1cnc(-c2ncc(CN(C)C(=O)NC(C(=O)NC(CCC(Cc3ccccc3)NC(=O)OCc3cncs3)Cc3ccccc3)C(C)C)s2)s1)Cc1ccccc1. The van der Waals surface area contributed by atoms with Crippen LogP contribution in [0.1, 0.15) is 96.0 Å². The summed E-state index contributed by atoms with van der Waals surface area (Å²) in [7, 11) is 3.34. The van der Waals surface area contributed by atoms with Gasteiger partial charge in [0.05, 0.1) is 39.6 Å². The molecule has 0 saturated heterocycles. The minimum Gasteiger partial charge on any atom is -0.444 e. The van der Waals surface area contributed by atoms with Crippen molar-refractivity contribution in [3.05, 3.63) is 199 Å². The van der Waals surface area contributed by atoms with Crippen LogP contribution in [-0.4, -0.2) is 116 Å². The highest BCUT2D eigenvalue weighted by Gasteiger charge is 2.31. The summed E-state index contributed by atoms with van der Waals surface area (Å²) in [6, 6.07) is 35.8. The Morgan fingerprint density at radius 1 is 0.457 bits per heavy atom. The Morgan fingerprint density at radius 2 is 0.848 bits per heavy atom. The number of amides is 8. The van der Waals surface area contributed by atoms with Crippen molar-refractivity contribution in [3.63, 3.8) is 0 Å². The normalized spacial score (nSPS) is 13.2. The Labute approximate surface area is 554 Å². The van der Waals surface area contributed by atoms with Crippen LogP contribution >= 0.6 is 45.3 Å². The van der Waals surface area contributed by atoms with Crippen molar-refractivity contribution in [3.8, 4) is 10.0 Å². The zero-order valence-electron chi connectivity index (χ0n) is 52.7. The number of carbonyl (C=O) groups excluding carboxylic acids is 6. The average molecular weight is 1320 g/mol. The third kappa shape index (κ3) is 23.0. The van der Waals surface area contributed by atoms with E-state index in [9.17, 15) is 28.8 Å². The number of urea groups is 2. The molecule has 4 heterocycles. The van der Waals surface area contributed by atoms with Crippen LogP contribution in [0, 0.1) is 11.8 Å². The predicted molar refractivity (Wildman–Crippen MR) is 362 cm³/mol. The Kier molecular flexibility index (Phi) is 27.0. The first kappa shape index (κ1) is 69.3. The fraction of sp³-hybridized carbons (Fsp3) is 0.382. The molecule has 4 aromatic heterocycles. The first-order chi connectivity index (χ1) is 44.5. The highest BCUT2D eigenvalue weighted by Crippen LogP contribution is 2.30. The van der Waals surface area contributed by atoms with E-state index in [1.807, 2.05) is 154 Å². The standard InChI is InChI=1S/C68H82N12O8S4/c1-45(2)59(77-65(83)79(5)38-55-42-89-44-72-55)61(81)73-51(31-47-19-11-7-12-20-47)28-30-54(34-50-25-17-10-18-26-50)76-68(86)88-41-58-37-71-64(92-58)63-70-36-56(91-63)39-80(6)66(84)78-60(46(3)4)62(82)74-52(32-48-21-13-8-14-22-48)27-29-53(33-49-23-15-9-16-24-49)75-67(85)87-40-57-35-69-43-90-57/h7-26,35-37,42-46,51-54,59-60H,27-34,38-41H2,1-6H3,(H,73,81)(H,74,82)(H,75,85)(H,76,86)(H,77,83)(H,78,84). The van der Waals surface area contributed by atoms with Gasteiger partial charge in [-0.2, -0.15) is 0 Å². The minimum atomic E-state index is -0.858. The van der Waals surface area contributed by atoms with Crippen molar-refractivity contribution < 1.29 is 38.2 Å². The van der Waals surface area contributed by atoms with Crippen LogP contribution < -0.4 is 31.9 Å². The molecule has 0 aliphatic rings. The second-order valence-corrected chi connectivity index (χ2v) is 27.3. The fourth-order valence-electron chi connectivity index (χ4n) is 10.3. The van der Waals surface area contributed by atoms with Crippen LogP contribution in [0.25, 0.3) is 10.0 Å². The summed E-state index contributed by atoms with van der Waals surface area (Å²) in [5.41, 5.74) is 8.31. The Balaban J connectivity index is 0.842. The van der Waals surface area contributed by atoms with Crippen molar-refractivity contribution in [2.45, 2.75) is 142 Å². The molecular formula is C68H82N12O8S4. The van der Waals surface area contributed by atoms with E-state index < -0.39 is 30.3 Å². The maximum Gasteiger partial charge on any atom is 0.407 e. The molecule has 0 spiro atoms. The molecule has 0 saturated carbocycles. The van der Waals surface area contributed by atoms with Gasteiger partial charge < -0.3 is 51.2 Å². The van der Waals surface area contributed by atoms with Gasteiger partial charge in [0.1, 0.15) is 25.3 Å². The number of aromatic nitrogens is 4. The number of benzene rings is 4. The number of hydrogen-bond donors (Lipinski definition) is 6. The molecule has 0 radical (unpaired) electrons. The smallest absolute Gasteiger partial charge is 0.407 e. The molecule has 0 bridgehead atoms. The minimum absolute atomic E-state index is 0.0360. The monoisotopic (exact) mass is 1320 g/mol. The highest BCUT2D eigenvalue weighted by atomic mass is 32.1. The van der Waals surface area contributed by atoms with E-state index in [2.05, 4.69) is 51.8 Å². The molecular weight excluding hydrogens is 1240 g/mol. The van der Waals surface area contributed by atoms with E-state index in [0.717, 1.165) is 37.7 Å². The van der Waals surface area contributed by atoms with E-state index in [0.29, 0.717) is 72.8 Å². The lowest BCUT2D eigenvalue weighted by Crippen LogP contribution is -2.54. The molecule has 6 atom stereocenters. The van der Waals surface area contributed by atoms with Gasteiger partial charge in [0.25, 0.3) is 0 Å². The number of nitrogens with zero attached hydrogens (tertiary/aromatic N) is 6. The Morgan fingerprint density at radius 3 is 1.24 bits per heavy atom. The van der Waals surface area contributed by atoms with Crippen molar-refractivity contribution in [2.24, 2.45) is 11.8 Å². The van der Waals surface area contributed by atoms with Gasteiger partial charge in [-0.1, -0.05) is 149 Å². The topological polar surface area (TPSA) is 251 Å². The van der Waals surface area contributed by atoms with Gasteiger partial charge in [-0.3, -0.25) is 14.6 Å². The van der Waals surface area contributed by atoms with E-state index in [1.54, 1.807) is 43.7 Å². The number of rotatable bonds is 33. The summed E-state index contributed by atoms with van der Waals surface area (Å²) < 4.78 is 11.4. The van der Waals surface area contributed by atoms with Gasteiger partial charge in [0, 0.05) is 67.1 Å². The number of thiazole rings is 4. The van der Waals surface area contributed by atoms with Crippen LogP contribution in [0.4, 0.5) is 19.2 Å². The number of ether oxygens (including phenoxy) is 2. The molecule has 6 N–H and O–H groups in total. The zero-order chi connectivity index (χ0) is 65.2. The highest BCUT2D eigenvalue weighted by molar-refractivity contribution is 7.21. The Hall–Kier alpha value is -8.58. The van der Waals surface area contributed by atoms with E-state index >= 15 is 0 Å². The summed E-state index contributed by atoms with van der Waals surface area (Å²) in [4.78, 5) is 105. The zero-order valence-corrected chi connectivity index (χ0v) is 56.0. The molecule has 24 heteroatoms. The third-order valence-electron chi connectivity index (χ3n) is 15.3. The summed E-state index contributed by atoms with van der Waals surface area (Å²) in [6.45, 7) is 8.17. The van der Waals surface area contributed by atoms with Crippen molar-refractivity contribution in [1.82, 2.24) is 61.6 Å². The first-order valence-corrected chi connectivity index (χ1v) is 34.3. The van der Waals surface area contributed by atoms with Crippen LogP contribution in [0.5, 0.6) is 0 Å². The molecule has 0 fully saturated rings. The summed E-state index contributed by atoms with van der Waals surface area (Å²) in [6.07, 6.45) is 8.11. The van der Waals surface area contributed by atoms with Gasteiger partial charge in [0.15, 0.2) is 10.0 Å². The number of carbonyl (C=O) groups is 6. The third-order valence-corrected chi connectivity index (χ3v) is 18.7. The average Bonchev–Trinajstić information content (AvgIpc) is 2.27. The lowest BCUT2D eigenvalue weighted by atomic mass is 9.95. The lowest BCUT2D eigenvalue weighted by molar-refractivity contribution is -0.125. The molecule has 0 aliphatic heterocycles. The fourth-order valence-corrected chi connectivity index (χ4v) is 13.2.